The SMILES string of the molecule is CBCCOCCC(C)CCCC(C)CCCC(C)CCCC(C)CCC. The highest BCUT2D eigenvalue weighted by Crippen LogP contribution is 2.23. The molecule has 0 heterocycles. The second-order valence-corrected chi connectivity index (χ2v) is 9.76. The zero-order valence-electron chi connectivity index (χ0n) is 20.0. The Labute approximate surface area is 174 Å². The van der Waals surface area contributed by atoms with Crippen molar-refractivity contribution in [1.29, 1.82) is 0 Å². The molecule has 0 aromatic heterocycles. The standard InChI is InChI=1S/C25H53BO/c1-7-11-22(2)12-8-13-23(3)14-9-15-24(4)16-10-17-25(5)18-20-27-21-19-26-6/h22-26H,7-21H2,1-6H3. The van der Waals surface area contributed by atoms with Crippen molar-refractivity contribution in [2.75, 3.05) is 13.2 Å². The van der Waals surface area contributed by atoms with E-state index in [4.69, 9.17) is 4.74 Å². The molecule has 0 amide bonds. The first kappa shape index (κ1) is 27.0. The summed E-state index contributed by atoms with van der Waals surface area (Å²) in [6, 6.07) is 0. The zero-order valence-corrected chi connectivity index (χ0v) is 20.0. The van der Waals surface area contributed by atoms with Gasteiger partial charge in [0.15, 0.2) is 0 Å². The summed E-state index contributed by atoms with van der Waals surface area (Å²) in [5.41, 5.74) is 0. The lowest BCUT2D eigenvalue weighted by molar-refractivity contribution is 0.132. The highest BCUT2D eigenvalue weighted by molar-refractivity contribution is 6.33. The van der Waals surface area contributed by atoms with Crippen LogP contribution in [0.25, 0.3) is 0 Å². The van der Waals surface area contributed by atoms with E-state index >= 15 is 0 Å². The maximum absolute atomic E-state index is 5.70. The van der Waals surface area contributed by atoms with Crippen LogP contribution in [0, 0.1) is 23.7 Å². The Morgan fingerprint density at radius 1 is 0.593 bits per heavy atom. The van der Waals surface area contributed by atoms with Gasteiger partial charge in [-0.15, -0.1) is 0 Å². The molecule has 4 unspecified atom stereocenters. The van der Waals surface area contributed by atoms with Crippen LogP contribution in [0.3, 0.4) is 0 Å². The molecule has 0 aromatic carbocycles. The monoisotopic (exact) mass is 380 g/mol. The molecule has 0 radical (unpaired) electrons. The van der Waals surface area contributed by atoms with E-state index in [0.717, 1.165) is 36.9 Å². The summed E-state index contributed by atoms with van der Waals surface area (Å²) in [6.07, 6.45) is 18.1. The van der Waals surface area contributed by atoms with Gasteiger partial charge in [0, 0.05) is 13.2 Å². The van der Waals surface area contributed by atoms with E-state index in [-0.39, 0.29) is 0 Å². The lowest BCUT2D eigenvalue weighted by atomic mass is 9.79. The average Bonchev–Trinajstić information content (AvgIpc) is 2.61. The zero-order chi connectivity index (χ0) is 20.3. The molecule has 1 nitrogen and oxygen atoms in total. The Hall–Kier alpha value is 0.0249. The molecule has 0 aliphatic heterocycles. The first-order valence-corrected chi connectivity index (χ1v) is 12.6. The van der Waals surface area contributed by atoms with Crippen LogP contribution < -0.4 is 0 Å². The van der Waals surface area contributed by atoms with Gasteiger partial charge in [0.1, 0.15) is 7.28 Å². The highest BCUT2D eigenvalue weighted by atomic mass is 16.5. The predicted octanol–water partition coefficient (Wildman–Crippen LogP) is 8.15. The Morgan fingerprint density at radius 2 is 1.00 bits per heavy atom. The minimum Gasteiger partial charge on any atom is -0.382 e. The molecule has 2 heteroatoms. The van der Waals surface area contributed by atoms with Crippen LogP contribution in [0.2, 0.25) is 13.1 Å². The molecule has 0 aliphatic rings. The third-order valence-electron chi connectivity index (χ3n) is 6.36. The van der Waals surface area contributed by atoms with Gasteiger partial charge in [-0.1, -0.05) is 118 Å². The van der Waals surface area contributed by atoms with Gasteiger partial charge in [0.05, 0.1) is 0 Å². The molecule has 0 aliphatic carbocycles. The predicted molar refractivity (Wildman–Crippen MR) is 126 cm³/mol. The number of rotatable bonds is 20. The van der Waals surface area contributed by atoms with Crippen LogP contribution in [0.1, 0.15) is 112 Å². The molecule has 0 fully saturated rings. The van der Waals surface area contributed by atoms with Crippen LogP contribution in [-0.4, -0.2) is 20.5 Å². The van der Waals surface area contributed by atoms with Crippen molar-refractivity contribution in [2.24, 2.45) is 23.7 Å². The highest BCUT2D eigenvalue weighted by Gasteiger charge is 2.08. The minimum atomic E-state index is 0.828. The van der Waals surface area contributed by atoms with Gasteiger partial charge < -0.3 is 4.74 Å². The first-order chi connectivity index (χ1) is 13.0. The van der Waals surface area contributed by atoms with Gasteiger partial charge in [0.2, 0.25) is 0 Å². The molecule has 27 heavy (non-hydrogen) atoms. The summed E-state index contributed by atoms with van der Waals surface area (Å²) in [6.45, 7) is 16.2. The molecule has 4 atom stereocenters. The molecule has 0 aromatic rings. The van der Waals surface area contributed by atoms with Crippen LogP contribution in [0.15, 0.2) is 0 Å². The van der Waals surface area contributed by atoms with E-state index in [1.54, 1.807) is 0 Å². The Bertz CT molecular complexity index is 294. The topological polar surface area (TPSA) is 9.23 Å². The van der Waals surface area contributed by atoms with Gasteiger partial charge in [-0.05, 0) is 30.1 Å². The summed E-state index contributed by atoms with van der Waals surface area (Å²) < 4.78 is 5.70. The number of hydrogen-bond donors (Lipinski definition) is 0. The van der Waals surface area contributed by atoms with Gasteiger partial charge in [-0.25, -0.2) is 0 Å². The Balaban J connectivity index is 3.50. The summed E-state index contributed by atoms with van der Waals surface area (Å²) >= 11 is 0. The maximum atomic E-state index is 5.70. The second-order valence-electron chi connectivity index (χ2n) is 9.76. The number of ether oxygens (including phenoxy) is 1. The summed E-state index contributed by atoms with van der Waals surface area (Å²) in [7, 11) is 1.24. The summed E-state index contributed by atoms with van der Waals surface area (Å²) in [5.74, 6) is 3.61. The quantitative estimate of drug-likeness (QED) is 0.153. The van der Waals surface area contributed by atoms with Crippen LogP contribution in [0.4, 0.5) is 0 Å². The first-order valence-electron chi connectivity index (χ1n) is 12.6. The maximum Gasteiger partial charge on any atom is 0.120 e. The van der Waals surface area contributed by atoms with Crippen molar-refractivity contribution >= 4 is 7.28 Å². The van der Waals surface area contributed by atoms with E-state index in [0.29, 0.717) is 0 Å². The molecule has 0 rings (SSSR count). The van der Waals surface area contributed by atoms with Gasteiger partial charge in [0.25, 0.3) is 0 Å². The van der Waals surface area contributed by atoms with Crippen molar-refractivity contribution in [3.63, 3.8) is 0 Å². The van der Waals surface area contributed by atoms with E-state index in [1.165, 1.54) is 90.6 Å². The number of hydrogen-bond acceptors (Lipinski definition) is 1. The fraction of sp³-hybridized carbons (Fsp3) is 1.00. The Morgan fingerprint density at radius 3 is 1.41 bits per heavy atom. The molecule has 0 saturated heterocycles. The van der Waals surface area contributed by atoms with Crippen molar-refractivity contribution in [3.05, 3.63) is 0 Å². The van der Waals surface area contributed by atoms with E-state index in [1.807, 2.05) is 0 Å². The van der Waals surface area contributed by atoms with Crippen molar-refractivity contribution in [2.45, 2.75) is 125 Å². The van der Waals surface area contributed by atoms with Crippen molar-refractivity contribution < 1.29 is 4.74 Å². The Kier molecular flexibility index (Phi) is 19.4. The molecular formula is C25H53BO. The van der Waals surface area contributed by atoms with Crippen LogP contribution in [-0.2, 0) is 4.74 Å². The lowest BCUT2D eigenvalue weighted by Gasteiger charge is -2.16. The molecule has 0 spiro atoms. The smallest absolute Gasteiger partial charge is 0.120 e. The van der Waals surface area contributed by atoms with E-state index in [9.17, 15) is 0 Å². The molecule has 0 bridgehead atoms. The molecular weight excluding hydrogens is 327 g/mol. The third kappa shape index (κ3) is 19.1. The fourth-order valence-electron chi connectivity index (χ4n) is 4.15. The second kappa shape index (κ2) is 19.3. The average molecular weight is 381 g/mol. The van der Waals surface area contributed by atoms with Crippen LogP contribution >= 0.6 is 0 Å². The van der Waals surface area contributed by atoms with E-state index in [2.05, 4.69) is 41.4 Å². The minimum absolute atomic E-state index is 0.828. The molecule has 0 N–H and O–H groups in total. The lowest BCUT2D eigenvalue weighted by Crippen LogP contribution is -2.05. The normalized spacial score (nSPS) is 16.1. The molecule has 0 saturated carbocycles. The van der Waals surface area contributed by atoms with E-state index < -0.39 is 0 Å². The van der Waals surface area contributed by atoms with Gasteiger partial charge >= 0.3 is 0 Å². The summed E-state index contributed by atoms with van der Waals surface area (Å²) in [5, 5.41) is 0. The van der Waals surface area contributed by atoms with Crippen molar-refractivity contribution in [3.8, 4) is 0 Å². The third-order valence-corrected chi connectivity index (χ3v) is 6.36. The largest absolute Gasteiger partial charge is 0.382 e. The fourth-order valence-corrected chi connectivity index (χ4v) is 4.15. The van der Waals surface area contributed by atoms with Gasteiger partial charge in [-0.3, -0.25) is 0 Å². The summed E-state index contributed by atoms with van der Waals surface area (Å²) in [4.78, 5) is 0. The molecule has 162 valence electrons. The van der Waals surface area contributed by atoms with Crippen LogP contribution in [0.5, 0.6) is 0 Å². The van der Waals surface area contributed by atoms with Gasteiger partial charge in [-0.2, -0.15) is 0 Å². The van der Waals surface area contributed by atoms with Crippen molar-refractivity contribution in [1.82, 2.24) is 0 Å².